The second-order valence-electron chi connectivity index (χ2n) is 4.00. The molecular weight excluding hydrogens is 296 g/mol. The molecule has 0 atom stereocenters. The Kier molecular flexibility index (Phi) is 3.56. The maximum absolute atomic E-state index is 11.5. The fraction of sp³-hybridized carbons (Fsp3) is 0.333. The van der Waals surface area contributed by atoms with Crippen LogP contribution in [0.4, 0.5) is 10.6 Å². The van der Waals surface area contributed by atoms with Crippen molar-refractivity contribution in [1.82, 2.24) is 14.7 Å². The van der Waals surface area contributed by atoms with Crippen molar-refractivity contribution in [2.24, 2.45) is 0 Å². The van der Waals surface area contributed by atoms with Gasteiger partial charge in [0.25, 0.3) is 0 Å². The number of hydrogen-bond donors (Lipinski definition) is 2. The lowest BCUT2D eigenvalue weighted by molar-refractivity contribution is 0.254. The van der Waals surface area contributed by atoms with Gasteiger partial charge >= 0.3 is 6.03 Å². The van der Waals surface area contributed by atoms with Gasteiger partial charge in [0.1, 0.15) is 11.5 Å². The number of pyridine rings is 1. The number of aryl methyl sites for hydroxylation is 2. The summed E-state index contributed by atoms with van der Waals surface area (Å²) in [6.07, 6.45) is 2.66. The highest BCUT2D eigenvalue weighted by molar-refractivity contribution is 9.10. The van der Waals surface area contributed by atoms with Crippen LogP contribution in [0.2, 0.25) is 0 Å². The third kappa shape index (κ3) is 2.20. The van der Waals surface area contributed by atoms with Crippen molar-refractivity contribution < 1.29 is 4.79 Å². The third-order valence-corrected chi connectivity index (χ3v) is 3.17. The van der Waals surface area contributed by atoms with E-state index in [1.807, 2.05) is 30.5 Å². The molecule has 0 saturated carbocycles. The Morgan fingerprint density at radius 1 is 1.56 bits per heavy atom. The first-order valence-corrected chi connectivity index (χ1v) is 6.52. The molecule has 0 spiro atoms. The van der Waals surface area contributed by atoms with Gasteiger partial charge in [-0.25, -0.2) is 9.78 Å². The molecule has 5 nitrogen and oxygen atoms in total. The molecule has 18 heavy (non-hydrogen) atoms. The molecule has 2 aromatic rings. The van der Waals surface area contributed by atoms with Crippen LogP contribution in [0.15, 0.2) is 16.7 Å². The molecule has 0 bridgehead atoms. The number of urea groups is 1. The van der Waals surface area contributed by atoms with E-state index in [-0.39, 0.29) is 6.03 Å². The first kappa shape index (κ1) is 12.9. The van der Waals surface area contributed by atoms with Crippen LogP contribution >= 0.6 is 15.9 Å². The second kappa shape index (κ2) is 4.97. The third-order valence-electron chi connectivity index (χ3n) is 2.74. The maximum Gasteiger partial charge on any atom is 0.320 e. The number of carbonyl (C=O) groups excluding carboxylic acids is 1. The number of amides is 2. The van der Waals surface area contributed by atoms with Crippen LogP contribution in [-0.2, 0) is 6.42 Å². The number of aromatic nitrogens is 2. The average Bonchev–Trinajstić information content (AvgIpc) is 2.68. The van der Waals surface area contributed by atoms with E-state index >= 15 is 0 Å². The zero-order valence-electron chi connectivity index (χ0n) is 10.5. The normalized spacial score (nSPS) is 10.7. The summed E-state index contributed by atoms with van der Waals surface area (Å²) >= 11 is 3.45. The van der Waals surface area contributed by atoms with Gasteiger partial charge in [0.2, 0.25) is 0 Å². The van der Waals surface area contributed by atoms with Crippen molar-refractivity contribution in [2.75, 3.05) is 12.4 Å². The minimum Gasteiger partial charge on any atom is -0.341 e. The number of fused-ring (bicyclic) bond motifs is 1. The van der Waals surface area contributed by atoms with Gasteiger partial charge in [-0.05, 0) is 40.9 Å². The summed E-state index contributed by atoms with van der Waals surface area (Å²) in [5, 5.41) is 5.36. The summed E-state index contributed by atoms with van der Waals surface area (Å²) in [5.41, 5.74) is 2.80. The molecule has 2 rings (SSSR count). The summed E-state index contributed by atoms with van der Waals surface area (Å²) in [7, 11) is 1.59. The number of hydrogen-bond acceptors (Lipinski definition) is 2. The SMILES string of the molecule is CCc1nc2c(C)cc(Br)cn2c1NC(=O)NC. The molecule has 0 saturated heterocycles. The lowest BCUT2D eigenvalue weighted by Gasteiger charge is -2.07. The van der Waals surface area contributed by atoms with Gasteiger partial charge in [-0.1, -0.05) is 6.92 Å². The summed E-state index contributed by atoms with van der Waals surface area (Å²) in [5.74, 6) is 0.719. The Labute approximate surface area is 114 Å². The zero-order valence-corrected chi connectivity index (χ0v) is 12.1. The number of imidazole rings is 1. The van der Waals surface area contributed by atoms with Gasteiger partial charge in [0, 0.05) is 17.7 Å². The van der Waals surface area contributed by atoms with E-state index in [1.54, 1.807) is 7.05 Å². The van der Waals surface area contributed by atoms with E-state index < -0.39 is 0 Å². The standard InChI is InChI=1S/C12H15BrN4O/c1-4-9-11(16-12(18)14-3)17-6-8(13)5-7(2)10(17)15-9/h5-6H,4H2,1-3H3,(H2,14,16,18). The van der Waals surface area contributed by atoms with Crippen LogP contribution in [0.25, 0.3) is 5.65 Å². The van der Waals surface area contributed by atoms with Gasteiger partial charge in [0.05, 0.1) is 5.69 Å². The molecule has 96 valence electrons. The molecule has 0 fully saturated rings. The Morgan fingerprint density at radius 3 is 2.89 bits per heavy atom. The number of rotatable bonds is 2. The Hall–Kier alpha value is -1.56. The molecule has 0 aromatic carbocycles. The minimum absolute atomic E-state index is 0.246. The highest BCUT2D eigenvalue weighted by Gasteiger charge is 2.14. The lowest BCUT2D eigenvalue weighted by Crippen LogP contribution is -2.25. The fourth-order valence-electron chi connectivity index (χ4n) is 1.86. The summed E-state index contributed by atoms with van der Waals surface area (Å²) < 4.78 is 2.85. The molecule has 0 aliphatic rings. The van der Waals surface area contributed by atoms with Crippen LogP contribution in [0.3, 0.4) is 0 Å². The quantitative estimate of drug-likeness (QED) is 0.896. The molecule has 0 aliphatic carbocycles. The van der Waals surface area contributed by atoms with E-state index in [2.05, 4.69) is 31.5 Å². The van der Waals surface area contributed by atoms with Crippen LogP contribution in [0, 0.1) is 6.92 Å². The molecule has 0 radical (unpaired) electrons. The van der Waals surface area contributed by atoms with E-state index in [4.69, 9.17) is 0 Å². The summed E-state index contributed by atoms with van der Waals surface area (Å²) in [6, 6.07) is 1.76. The number of anilines is 1. The van der Waals surface area contributed by atoms with E-state index in [0.717, 1.165) is 33.6 Å². The highest BCUT2D eigenvalue weighted by Crippen LogP contribution is 2.24. The van der Waals surface area contributed by atoms with Crippen molar-refractivity contribution >= 4 is 33.4 Å². The molecule has 0 aliphatic heterocycles. The Morgan fingerprint density at radius 2 is 2.28 bits per heavy atom. The Bertz CT molecular complexity index is 606. The van der Waals surface area contributed by atoms with Crippen LogP contribution in [0.1, 0.15) is 18.2 Å². The van der Waals surface area contributed by atoms with Crippen LogP contribution in [0.5, 0.6) is 0 Å². The summed E-state index contributed by atoms with van der Waals surface area (Å²) in [6.45, 7) is 4.01. The van der Waals surface area contributed by atoms with Crippen molar-refractivity contribution in [3.8, 4) is 0 Å². The molecule has 2 aromatic heterocycles. The number of halogens is 1. The highest BCUT2D eigenvalue weighted by atomic mass is 79.9. The van der Waals surface area contributed by atoms with Gasteiger partial charge in [-0.15, -0.1) is 0 Å². The average molecular weight is 311 g/mol. The summed E-state index contributed by atoms with van der Waals surface area (Å²) in [4.78, 5) is 16.0. The molecule has 2 amide bonds. The monoisotopic (exact) mass is 310 g/mol. The molecule has 0 unspecified atom stereocenters. The van der Waals surface area contributed by atoms with E-state index in [0.29, 0.717) is 0 Å². The molecular formula is C12H15BrN4O. The van der Waals surface area contributed by atoms with Crippen LogP contribution < -0.4 is 10.6 Å². The first-order chi connectivity index (χ1) is 8.56. The van der Waals surface area contributed by atoms with Gasteiger partial charge in [0.15, 0.2) is 0 Å². The van der Waals surface area contributed by atoms with Crippen molar-refractivity contribution in [1.29, 1.82) is 0 Å². The van der Waals surface area contributed by atoms with Crippen LogP contribution in [-0.4, -0.2) is 22.5 Å². The topological polar surface area (TPSA) is 58.4 Å². The fourth-order valence-corrected chi connectivity index (χ4v) is 2.41. The lowest BCUT2D eigenvalue weighted by atomic mass is 10.3. The van der Waals surface area contributed by atoms with Gasteiger partial charge in [-0.2, -0.15) is 0 Å². The number of nitrogens with zero attached hydrogens (tertiary/aromatic N) is 2. The van der Waals surface area contributed by atoms with Gasteiger partial charge < -0.3 is 5.32 Å². The smallest absolute Gasteiger partial charge is 0.320 e. The Balaban J connectivity index is 2.64. The van der Waals surface area contributed by atoms with Crippen molar-refractivity contribution in [3.63, 3.8) is 0 Å². The second-order valence-corrected chi connectivity index (χ2v) is 4.92. The predicted octanol–water partition coefficient (Wildman–Crippen LogP) is 2.72. The van der Waals surface area contributed by atoms with Crippen molar-refractivity contribution in [3.05, 3.63) is 28.0 Å². The zero-order chi connectivity index (χ0) is 13.3. The first-order valence-electron chi connectivity index (χ1n) is 5.72. The van der Waals surface area contributed by atoms with Gasteiger partial charge in [-0.3, -0.25) is 9.72 Å². The minimum atomic E-state index is -0.246. The van der Waals surface area contributed by atoms with E-state index in [1.165, 1.54) is 0 Å². The van der Waals surface area contributed by atoms with E-state index in [9.17, 15) is 4.79 Å². The maximum atomic E-state index is 11.5. The molecule has 2 heterocycles. The number of carbonyl (C=O) groups is 1. The predicted molar refractivity (Wildman–Crippen MR) is 75.1 cm³/mol. The van der Waals surface area contributed by atoms with Crippen molar-refractivity contribution in [2.45, 2.75) is 20.3 Å². The largest absolute Gasteiger partial charge is 0.341 e. The molecule has 6 heteroatoms. The molecule has 2 N–H and O–H groups in total. The number of nitrogens with one attached hydrogen (secondary N) is 2.